The van der Waals surface area contributed by atoms with E-state index in [2.05, 4.69) is 15.5 Å². The largest absolute Gasteiger partial charge is 0.455 e. The number of fused-ring (bicyclic) bond motifs is 1. The number of hydrogen-bond acceptors (Lipinski definition) is 4. The first kappa shape index (κ1) is 20.1. The summed E-state index contributed by atoms with van der Waals surface area (Å²) in [6.07, 6.45) is -4.29. The predicted octanol–water partition coefficient (Wildman–Crippen LogP) is 3.51. The van der Waals surface area contributed by atoms with Crippen molar-refractivity contribution in [3.8, 4) is 0 Å². The monoisotopic (exact) mass is 419 g/mol. The first-order chi connectivity index (χ1) is 13.1. The highest BCUT2D eigenvalue weighted by molar-refractivity contribution is 6.31. The first-order valence-electron chi connectivity index (χ1n) is 8.20. The molecule has 0 saturated carbocycles. The lowest BCUT2D eigenvalue weighted by atomic mass is 9.86. The van der Waals surface area contributed by atoms with E-state index in [4.69, 9.17) is 16.3 Å². The molecule has 1 aliphatic rings. The van der Waals surface area contributed by atoms with Crippen LogP contribution in [0.5, 0.6) is 0 Å². The Morgan fingerprint density at radius 1 is 1.36 bits per heavy atom. The number of aromatic nitrogens is 2. The van der Waals surface area contributed by atoms with Gasteiger partial charge >= 0.3 is 12.1 Å². The van der Waals surface area contributed by atoms with E-state index in [0.29, 0.717) is 5.69 Å². The van der Waals surface area contributed by atoms with E-state index in [9.17, 15) is 27.2 Å². The molecule has 1 aliphatic carbocycles. The van der Waals surface area contributed by atoms with E-state index in [-0.39, 0.29) is 35.5 Å². The Morgan fingerprint density at radius 2 is 2.11 bits per heavy atom. The summed E-state index contributed by atoms with van der Waals surface area (Å²) >= 11 is 5.60. The molecular formula is C17H14ClF4N3O3. The lowest BCUT2D eigenvalue weighted by molar-refractivity contribution is -0.152. The van der Waals surface area contributed by atoms with Gasteiger partial charge in [0.25, 0.3) is 5.91 Å². The zero-order valence-electron chi connectivity index (χ0n) is 14.2. The van der Waals surface area contributed by atoms with Crippen molar-refractivity contribution in [1.29, 1.82) is 0 Å². The van der Waals surface area contributed by atoms with Crippen molar-refractivity contribution >= 4 is 29.2 Å². The Kier molecular flexibility index (Phi) is 5.59. The van der Waals surface area contributed by atoms with Crippen LogP contribution in [-0.2, 0) is 33.3 Å². The van der Waals surface area contributed by atoms with Gasteiger partial charge in [-0.2, -0.15) is 18.3 Å². The molecule has 0 fully saturated rings. The quantitative estimate of drug-likeness (QED) is 0.587. The number of esters is 1. The number of nitrogens with one attached hydrogen (secondary N) is 2. The van der Waals surface area contributed by atoms with Crippen molar-refractivity contribution in [2.75, 3.05) is 11.9 Å². The molecule has 2 aromatic rings. The van der Waals surface area contributed by atoms with Gasteiger partial charge in [-0.25, -0.2) is 4.39 Å². The minimum atomic E-state index is -4.62. The average Bonchev–Trinajstić information content (AvgIpc) is 3.06. The molecule has 150 valence electrons. The number of rotatable bonds is 4. The minimum Gasteiger partial charge on any atom is -0.455 e. The number of amides is 1. The van der Waals surface area contributed by atoms with Crippen LogP contribution < -0.4 is 5.32 Å². The summed E-state index contributed by atoms with van der Waals surface area (Å²) in [4.78, 5) is 24.0. The fourth-order valence-electron chi connectivity index (χ4n) is 2.96. The van der Waals surface area contributed by atoms with Crippen LogP contribution in [0.1, 0.15) is 23.4 Å². The third-order valence-corrected chi connectivity index (χ3v) is 4.59. The molecule has 3 rings (SSSR count). The normalized spacial score (nSPS) is 16.4. The SMILES string of the molecule is O=C(COC(=O)[C@H]1CCc2[nH]nc(C(F)(F)F)c2C1)Nc1ccc(F)c(Cl)c1. The number of anilines is 1. The maximum absolute atomic E-state index is 13.1. The summed E-state index contributed by atoms with van der Waals surface area (Å²) < 4.78 is 56.9. The second-order valence-electron chi connectivity index (χ2n) is 6.25. The van der Waals surface area contributed by atoms with E-state index in [1.165, 1.54) is 12.1 Å². The molecule has 2 N–H and O–H groups in total. The molecule has 1 amide bonds. The Bertz CT molecular complexity index is 914. The summed E-state index contributed by atoms with van der Waals surface area (Å²) in [7, 11) is 0. The Hall–Kier alpha value is -2.62. The number of alkyl halides is 3. The Labute approximate surface area is 161 Å². The molecule has 0 unspecified atom stereocenters. The van der Waals surface area contributed by atoms with Crippen LogP contribution in [0.4, 0.5) is 23.2 Å². The number of aryl methyl sites for hydroxylation is 1. The van der Waals surface area contributed by atoms with E-state index in [1.807, 2.05) is 0 Å². The number of ether oxygens (including phenoxy) is 1. The topological polar surface area (TPSA) is 84.1 Å². The van der Waals surface area contributed by atoms with Gasteiger partial charge in [0, 0.05) is 16.9 Å². The fourth-order valence-corrected chi connectivity index (χ4v) is 3.14. The Balaban J connectivity index is 1.56. The third kappa shape index (κ3) is 4.44. The van der Waals surface area contributed by atoms with E-state index < -0.39 is 42.1 Å². The van der Waals surface area contributed by atoms with Crippen LogP contribution in [0.25, 0.3) is 0 Å². The summed E-state index contributed by atoms with van der Waals surface area (Å²) in [5.41, 5.74) is -0.526. The molecule has 1 heterocycles. The lowest BCUT2D eigenvalue weighted by Crippen LogP contribution is -2.29. The molecule has 1 aromatic heterocycles. The second-order valence-corrected chi connectivity index (χ2v) is 6.66. The molecular weight excluding hydrogens is 406 g/mol. The van der Waals surface area contributed by atoms with Crippen LogP contribution in [-0.4, -0.2) is 28.7 Å². The van der Waals surface area contributed by atoms with Crippen LogP contribution in [0, 0.1) is 11.7 Å². The number of nitrogens with zero attached hydrogens (tertiary/aromatic N) is 1. The summed E-state index contributed by atoms with van der Waals surface area (Å²) in [6, 6.07) is 3.53. The van der Waals surface area contributed by atoms with Gasteiger partial charge in [-0.15, -0.1) is 0 Å². The molecule has 0 aliphatic heterocycles. The van der Waals surface area contributed by atoms with Crippen LogP contribution in [0.15, 0.2) is 18.2 Å². The third-order valence-electron chi connectivity index (χ3n) is 4.30. The van der Waals surface area contributed by atoms with Gasteiger partial charge in [0.05, 0.1) is 10.9 Å². The van der Waals surface area contributed by atoms with E-state index >= 15 is 0 Å². The molecule has 0 saturated heterocycles. The van der Waals surface area contributed by atoms with Crippen LogP contribution >= 0.6 is 11.6 Å². The van der Waals surface area contributed by atoms with Crippen LogP contribution in [0.3, 0.4) is 0 Å². The van der Waals surface area contributed by atoms with Gasteiger partial charge in [-0.05, 0) is 37.5 Å². The number of aromatic amines is 1. The second kappa shape index (κ2) is 7.78. The molecule has 11 heteroatoms. The van der Waals surface area contributed by atoms with Gasteiger partial charge in [-0.3, -0.25) is 14.7 Å². The molecule has 1 atom stereocenters. The lowest BCUT2D eigenvalue weighted by Gasteiger charge is -2.21. The van der Waals surface area contributed by atoms with Crippen LogP contribution in [0.2, 0.25) is 5.02 Å². The highest BCUT2D eigenvalue weighted by Gasteiger charge is 2.40. The standard InChI is InChI=1S/C17H14ClF4N3O3/c18-11-6-9(2-3-12(11)19)23-14(26)7-28-16(27)8-1-4-13-10(5-8)15(25-24-13)17(20,21)22/h2-3,6,8H,1,4-5,7H2,(H,23,26)(H,24,25)/t8-/m0/s1. The zero-order valence-corrected chi connectivity index (χ0v) is 15.0. The number of carbonyl (C=O) groups is 2. The summed E-state index contributed by atoms with van der Waals surface area (Å²) in [6.45, 7) is -0.630. The van der Waals surface area contributed by atoms with Gasteiger partial charge in [0.1, 0.15) is 5.82 Å². The highest BCUT2D eigenvalue weighted by atomic mass is 35.5. The number of carbonyl (C=O) groups excluding carboxylic acids is 2. The van der Waals surface area contributed by atoms with Crippen molar-refractivity contribution < 1.29 is 31.9 Å². The minimum absolute atomic E-state index is 0.0499. The van der Waals surface area contributed by atoms with Crippen molar-refractivity contribution in [2.45, 2.75) is 25.4 Å². The van der Waals surface area contributed by atoms with Crippen molar-refractivity contribution in [3.63, 3.8) is 0 Å². The predicted molar refractivity (Wildman–Crippen MR) is 90.1 cm³/mol. The summed E-state index contributed by atoms with van der Waals surface area (Å²) in [5.74, 6) is -2.92. The molecule has 0 spiro atoms. The van der Waals surface area contributed by atoms with E-state index in [0.717, 1.165) is 6.07 Å². The number of benzene rings is 1. The van der Waals surface area contributed by atoms with Crippen molar-refractivity contribution in [2.24, 2.45) is 5.92 Å². The average molecular weight is 420 g/mol. The molecule has 28 heavy (non-hydrogen) atoms. The molecule has 6 nitrogen and oxygen atoms in total. The molecule has 0 bridgehead atoms. The number of hydrogen-bond donors (Lipinski definition) is 2. The molecule has 1 aromatic carbocycles. The smallest absolute Gasteiger partial charge is 0.435 e. The number of halogens is 5. The number of H-pyrrole nitrogens is 1. The maximum atomic E-state index is 13.1. The van der Waals surface area contributed by atoms with Crippen molar-refractivity contribution in [3.05, 3.63) is 46.0 Å². The Morgan fingerprint density at radius 3 is 2.79 bits per heavy atom. The highest BCUT2D eigenvalue weighted by Crippen LogP contribution is 2.36. The van der Waals surface area contributed by atoms with Gasteiger partial charge in [0.15, 0.2) is 12.3 Å². The maximum Gasteiger partial charge on any atom is 0.435 e. The summed E-state index contributed by atoms with van der Waals surface area (Å²) in [5, 5.41) is 7.84. The van der Waals surface area contributed by atoms with Gasteiger partial charge < -0.3 is 10.1 Å². The molecule has 0 radical (unpaired) electrons. The zero-order chi connectivity index (χ0) is 20.5. The van der Waals surface area contributed by atoms with Gasteiger partial charge in [0.2, 0.25) is 0 Å². The van der Waals surface area contributed by atoms with Crippen molar-refractivity contribution in [1.82, 2.24) is 10.2 Å². The van der Waals surface area contributed by atoms with Gasteiger partial charge in [-0.1, -0.05) is 11.6 Å². The van der Waals surface area contributed by atoms with E-state index in [1.54, 1.807) is 0 Å². The first-order valence-corrected chi connectivity index (χ1v) is 8.58. The fraction of sp³-hybridized carbons (Fsp3) is 0.353.